The van der Waals surface area contributed by atoms with E-state index in [1.807, 2.05) is 6.07 Å². The highest BCUT2D eigenvalue weighted by molar-refractivity contribution is 7.99. The van der Waals surface area contributed by atoms with Crippen molar-refractivity contribution in [1.29, 1.82) is 0 Å². The Morgan fingerprint density at radius 3 is 2.67 bits per heavy atom. The molecule has 4 rings (SSSR count). The van der Waals surface area contributed by atoms with E-state index in [0.717, 1.165) is 0 Å². The number of carbonyl (C=O) groups excluding carboxylic acids is 1. The third kappa shape index (κ3) is 4.06. The fourth-order valence-corrected chi connectivity index (χ4v) is 3.72. The van der Waals surface area contributed by atoms with Crippen LogP contribution in [-0.2, 0) is 4.79 Å². The summed E-state index contributed by atoms with van der Waals surface area (Å²) in [7, 11) is 1.58. The molecule has 0 bridgehead atoms. The number of amides is 1. The van der Waals surface area contributed by atoms with Crippen LogP contribution in [0.1, 0.15) is 5.76 Å². The number of para-hydroxylation sites is 1. The first-order valence-electron chi connectivity index (χ1n) is 9.07. The Balaban J connectivity index is 1.68. The number of benzene rings is 2. The Morgan fingerprint density at radius 1 is 1.20 bits per heavy atom. The molecule has 0 saturated carbocycles. The molecule has 4 aromatic rings. The maximum absolute atomic E-state index is 13.2. The quantitative estimate of drug-likeness (QED) is 0.375. The van der Waals surface area contributed by atoms with E-state index in [-0.39, 0.29) is 17.2 Å². The molecular weight excluding hydrogens is 404 g/mol. The Kier molecular flexibility index (Phi) is 5.53. The normalized spacial score (nSPS) is 10.9. The van der Waals surface area contributed by atoms with Gasteiger partial charge in [-0.2, -0.15) is 0 Å². The molecule has 2 aromatic heterocycles. The van der Waals surface area contributed by atoms with Gasteiger partial charge in [0, 0.05) is 6.07 Å². The lowest BCUT2D eigenvalue weighted by Gasteiger charge is -2.13. The number of aryl methyl sites for hydroxylation is 1. The molecule has 0 aliphatic rings. The van der Waals surface area contributed by atoms with Crippen LogP contribution in [0.5, 0.6) is 5.75 Å². The molecule has 0 aliphatic carbocycles. The third-order valence-electron chi connectivity index (χ3n) is 4.30. The van der Waals surface area contributed by atoms with E-state index in [9.17, 15) is 9.59 Å². The Bertz CT molecular complexity index is 1260. The van der Waals surface area contributed by atoms with Gasteiger partial charge in [0.15, 0.2) is 11.0 Å². The van der Waals surface area contributed by atoms with Crippen molar-refractivity contribution < 1.29 is 14.1 Å². The van der Waals surface area contributed by atoms with Crippen molar-refractivity contribution in [3.8, 4) is 11.4 Å². The van der Waals surface area contributed by atoms with Gasteiger partial charge in [-0.3, -0.25) is 14.2 Å². The number of rotatable bonds is 6. The lowest BCUT2D eigenvalue weighted by atomic mass is 10.2. The molecule has 9 heteroatoms. The number of hydrogen-bond donors (Lipinski definition) is 1. The van der Waals surface area contributed by atoms with Crippen molar-refractivity contribution >= 4 is 34.4 Å². The SMILES string of the molecule is COc1ccc(-n2c(SCC(=O)Nc3cc(C)on3)nc3ccccc3c2=O)cc1. The first-order valence-corrected chi connectivity index (χ1v) is 10.1. The Labute approximate surface area is 175 Å². The van der Waals surface area contributed by atoms with Crippen LogP contribution in [0.2, 0.25) is 0 Å². The second-order valence-electron chi connectivity index (χ2n) is 6.41. The highest BCUT2D eigenvalue weighted by atomic mass is 32.2. The van der Waals surface area contributed by atoms with Crippen LogP contribution in [0.15, 0.2) is 69.1 Å². The van der Waals surface area contributed by atoms with Crippen molar-refractivity contribution in [2.75, 3.05) is 18.2 Å². The summed E-state index contributed by atoms with van der Waals surface area (Å²) in [4.78, 5) is 30.1. The van der Waals surface area contributed by atoms with E-state index in [0.29, 0.717) is 39.1 Å². The predicted molar refractivity (Wildman–Crippen MR) is 114 cm³/mol. The number of methoxy groups -OCH3 is 1. The molecule has 2 aromatic carbocycles. The molecule has 0 radical (unpaired) electrons. The average Bonchev–Trinajstić information content (AvgIpc) is 3.17. The average molecular weight is 422 g/mol. The van der Waals surface area contributed by atoms with Crippen LogP contribution in [0, 0.1) is 6.92 Å². The van der Waals surface area contributed by atoms with Crippen molar-refractivity contribution in [2.45, 2.75) is 12.1 Å². The van der Waals surface area contributed by atoms with E-state index in [1.165, 1.54) is 16.3 Å². The van der Waals surface area contributed by atoms with Gasteiger partial charge in [-0.05, 0) is 43.3 Å². The van der Waals surface area contributed by atoms with Crippen LogP contribution in [0.3, 0.4) is 0 Å². The zero-order chi connectivity index (χ0) is 21.1. The molecule has 30 heavy (non-hydrogen) atoms. The number of anilines is 1. The van der Waals surface area contributed by atoms with E-state index >= 15 is 0 Å². The summed E-state index contributed by atoms with van der Waals surface area (Å²) >= 11 is 1.17. The van der Waals surface area contributed by atoms with E-state index in [1.54, 1.807) is 62.6 Å². The summed E-state index contributed by atoms with van der Waals surface area (Å²) in [5.74, 6) is 1.39. The number of ether oxygens (including phenoxy) is 1. The summed E-state index contributed by atoms with van der Waals surface area (Å²) in [6.07, 6.45) is 0. The van der Waals surface area contributed by atoms with Crippen LogP contribution < -0.4 is 15.6 Å². The molecule has 0 spiro atoms. The van der Waals surface area contributed by atoms with Gasteiger partial charge >= 0.3 is 0 Å². The van der Waals surface area contributed by atoms with Crippen LogP contribution >= 0.6 is 11.8 Å². The Morgan fingerprint density at radius 2 is 1.97 bits per heavy atom. The lowest BCUT2D eigenvalue weighted by molar-refractivity contribution is -0.113. The summed E-state index contributed by atoms with van der Waals surface area (Å²) in [5.41, 5.74) is 0.997. The van der Waals surface area contributed by atoms with Gasteiger partial charge in [0.05, 0.1) is 29.5 Å². The molecule has 0 saturated heterocycles. The molecule has 0 unspecified atom stereocenters. The van der Waals surface area contributed by atoms with Gasteiger partial charge in [0.2, 0.25) is 5.91 Å². The van der Waals surface area contributed by atoms with Gasteiger partial charge in [0.25, 0.3) is 5.56 Å². The second kappa shape index (κ2) is 8.42. The molecular formula is C21H18N4O4S. The van der Waals surface area contributed by atoms with Gasteiger partial charge in [-0.1, -0.05) is 29.1 Å². The molecule has 1 N–H and O–H groups in total. The third-order valence-corrected chi connectivity index (χ3v) is 5.24. The van der Waals surface area contributed by atoms with Gasteiger partial charge < -0.3 is 14.6 Å². The molecule has 1 amide bonds. The van der Waals surface area contributed by atoms with Crippen LogP contribution in [-0.4, -0.2) is 33.5 Å². The van der Waals surface area contributed by atoms with Crippen molar-refractivity contribution in [3.05, 3.63) is 70.7 Å². The molecule has 152 valence electrons. The molecule has 0 atom stereocenters. The summed E-state index contributed by atoms with van der Waals surface area (Å²) in [6.45, 7) is 1.74. The van der Waals surface area contributed by atoms with E-state index in [2.05, 4.69) is 15.5 Å². The lowest BCUT2D eigenvalue weighted by Crippen LogP contribution is -2.23. The van der Waals surface area contributed by atoms with Crippen LogP contribution in [0.4, 0.5) is 5.82 Å². The summed E-state index contributed by atoms with van der Waals surface area (Å²) in [6, 6.07) is 15.8. The minimum atomic E-state index is -0.281. The fourth-order valence-electron chi connectivity index (χ4n) is 2.90. The zero-order valence-electron chi connectivity index (χ0n) is 16.3. The zero-order valence-corrected chi connectivity index (χ0v) is 17.1. The first kappa shape index (κ1) is 19.7. The number of fused-ring (bicyclic) bond motifs is 1. The van der Waals surface area contributed by atoms with Gasteiger partial charge in [-0.25, -0.2) is 4.98 Å². The second-order valence-corrected chi connectivity index (χ2v) is 7.35. The van der Waals surface area contributed by atoms with Crippen molar-refractivity contribution in [2.24, 2.45) is 0 Å². The number of nitrogens with one attached hydrogen (secondary N) is 1. The minimum absolute atomic E-state index is 0.0485. The monoisotopic (exact) mass is 422 g/mol. The molecule has 0 fully saturated rings. The highest BCUT2D eigenvalue weighted by Crippen LogP contribution is 2.23. The van der Waals surface area contributed by atoms with Crippen molar-refractivity contribution in [1.82, 2.24) is 14.7 Å². The maximum atomic E-state index is 13.2. The topological polar surface area (TPSA) is 99.2 Å². The standard InChI is InChI=1S/C21H18N4O4S/c1-13-11-18(24-29-13)23-19(26)12-30-21-22-17-6-4-3-5-16(17)20(27)25(21)14-7-9-15(28-2)10-8-14/h3-11H,12H2,1-2H3,(H,23,24,26). The first-order chi connectivity index (χ1) is 14.5. The number of aromatic nitrogens is 3. The summed E-state index contributed by atoms with van der Waals surface area (Å²) in [5, 5.41) is 7.32. The summed E-state index contributed by atoms with van der Waals surface area (Å²) < 4.78 is 11.6. The Hall–Kier alpha value is -3.59. The minimum Gasteiger partial charge on any atom is -0.497 e. The van der Waals surface area contributed by atoms with E-state index in [4.69, 9.17) is 9.26 Å². The predicted octanol–water partition coefficient (Wildman–Crippen LogP) is 3.42. The van der Waals surface area contributed by atoms with Crippen LogP contribution in [0.25, 0.3) is 16.6 Å². The van der Waals surface area contributed by atoms with Gasteiger partial charge in [-0.15, -0.1) is 0 Å². The number of nitrogens with zero attached hydrogens (tertiary/aromatic N) is 3. The smallest absolute Gasteiger partial charge is 0.266 e. The maximum Gasteiger partial charge on any atom is 0.266 e. The number of carbonyl (C=O) groups is 1. The molecule has 0 aliphatic heterocycles. The number of hydrogen-bond acceptors (Lipinski definition) is 7. The molecule has 2 heterocycles. The van der Waals surface area contributed by atoms with Crippen molar-refractivity contribution in [3.63, 3.8) is 0 Å². The van der Waals surface area contributed by atoms with E-state index < -0.39 is 0 Å². The highest BCUT2D eigenvalue weighted by Gasteiger charge is 2.15. The number of thioether (sulfide) groups is 1. The largest absolute Gasteiger partial charge is 0.497 e. The fraction of sp³-hybridized carbons (Fsp3) is 0.143. The van der Waals surface area contributed by atoms with Gasteiger partial charge in [0.1, 0.15) is 11.5 Å². The molecule has 8 nitrogen and oxygen atoms in total.